The molecular weight excluding hydrogens is 278 g/mol. The average molecular weight is 305 g/mol. The smallest absolute Gasteiger partial charge is 0.305 e. The molecule has 0 bridgehead atoms. The Morgan fingerprint density at radius 1 is 1.27 bits per heavy atom. The molecule has 0 aromatic heterocycles. The molecule has 1 aromatic rings. The van der Waals surface area contributed by atoms with Gasteiger partial charge in [0.2, 0.25) is 0 Å². The highest BCUT2D eigenvalue weighted by Crippen LogP contribution is 2.06. The maximum absolute atomic E-state index is 11.0. The van der Waals surface area contributed by atoms with Crippen molar-refractivity contribution in [3.63, 3.8) is 0 Å². The number of carbonyl (C=O) groups excluding carboxylic acids is 1. The van der Waals surface area contributed by atoms with E-state index >= 15 is 0 Å². The summed E-state index contributed by atoms with van der Waals surface area (Å²) in [6.07, 6.45) is 2.20. The number of aryl methyl sites for hydroxylation is 1. The number of hydrogen-bond acceptors (Lipinski definition) is 3. The number of guanidine groups is 1. The zero-order chi connectivity index (χ0) is 16.4. The Kier molecular flexibility index (Phi) is 8.04. The van der Waals surface area contributed by atoms with Crippen molar-refractivity contribution in [3.8, 4) is 0 Å². The summed E-state index contributed by atoms with van der Waals surface area (Å²) in [5.74, 6) is 0.708. The quantitative estimate of drug-likeness (QED) is 0.364. The molecule has 0 atom stereocenters. The van der Waals surface area contributed by atoms with E-state index in [0.717, 1.165) is 31.9 Å². The molecule has 0 fully saturated rings. The standard InChI is InChI=1S/C17H27N3O2/c1-14-8-10-15(11-9-14)13-20(3)17(18-2)19-12-6-5-7-16(21)22-4/h8-11H,5-7,12-13H2,1-4H3,(H,18,19). The molecule has 0 radical (unpaired) electrons. The molecule has 5 nitrogen and oxygen atoms in total. The Hall–Kier alpha value is -2.04. The number of aliphatic imine (C=N–C) groups is 1. The van der Waals surface area contributed by atoms with Gasteiger partial charge in [-0.05, 0) is 25.3 Å². The minimum Gasteiger partial charge on any atom is -0.469 e. The fourth-order valence-electron chi connectivity index (χ4n) is 2.12. The van der Waals surface area contributed by atoms with Crippen LogP contribution < -0.4 is 5.32 Å². The van der Waals surface area contributed by atoms with Crippen LogP contribution in [0, 0.1) is 6.92 Å². The van der Waals surface area contributed by atoms with Crippen molar-refractivity contribution in [2.45, 2.75) is 32.7 Å². The van der Waals surface area contributed by atoms with Gasteiger partial charge in [0.15, 0.2) is 5.96 Å². The molecule has 0 unspecified atom stereocenters. The number of hydrogen-bond donors (Lipinski definition) is 1. The SMILES string of the molecule is CN=C(NCCCCC(=O)OC)N(C)Cc1ccc(C)cc1. The van der Waals surface area contributed by atoms with Crippen LogP contribution in [0.3, 0.4) is 0 Å². The molecule has 0 aliphatic heterocycles. The first-order valence-corrected chi connectivity index (χ1v) is 7.61. The third kappa shape index (κ3) is 6.61. The van der Waals surface area contributed by atoms with Crippen LogP contribution >= 0.6 is 0 Å². The van der Waals surface area contributed by atoms with Gasteiger partial charge in [0.05, 0.1) is 7.11 Å². The molecule has 0 aliphatic carbocycles. The van der Waals surface area contributed by atoms with Crippen LogP contribution in [-0.4, -0.2) is 44.6 Å². The third-order valence-corrected chi connectivity index (χ3v) is 3.43. The van der Waals surface area contributed by atoms with Crippen LogP contribution in [0.4, 0.5) is 0 Å². The molecule has 0 aliphatic rings. The summed E-state index contributed by atoms with van der Waals surface area (Å²) in [4.78, 5) is 17.4. The van der Waals surface area contributed by atoms with E-state index < -0.39 is 0 Å². The van der Waals surface area contributed by atoms with Crippen LogP contribution in [0.1, 0.15) is 30.4 Å². The number of carbonyl (C=O) groups is 1. The summed E-state index contributed by atoms with van der Waals surface area (Å²) in [6, 6.07) is 8.50. The second-order valence-corrected chi connectivity index (χ2v) is 5.35. The van der Waals surface area contributed by atoms with Crippen LogP contribution in [0.25, 0.3) is 0 Å². The fourth-order valence-corrected chi connectivity index (χ4v) is 2.12. The molecule has 1 aromatic carbocycles. The molecule has 122 valence electrons. The van der Waals surface area contributed by atoms with E-state index in [0.29, 0.717) is 6.42 Å². The van der Waals surface area contributed by atoms with Gasteiger partial charge in [-0.2, -0.15) is 0 Å². The Bertz CT molecular complexity index is 483. The lowest BCUT2D eigenvalue weighted by Gasteiger charge is -2.22. The highest BCUT2D eigenvalue weighted by Gasteiger charge is 2.06. The van der Waals surface area contributed by atoms with Gasteiger partial charge in [-0.1, -0.05) is 29.8 Å². The monoisotopic (exact) mass is 305 g/mol. The molecule has 0 amide bonds. The summed E-state index contributed by atoms with van der Waals surface area (Å²) in [7, 11) is 5.22. The molecule has 0 saturated heterocycles. The van der Waals surface area contributed by atoms with Crippen LogP contribution in [-0.2, 0) is 16.1 Å². The van der Waals surface area contributed by atoms with Crippen molar-refractivity contribution < 1.29 is 9.53 Å². The second-order valence-electron chi connectivity index (χ2n) is 5.35. The molecule has 1 N–H and O–H groups in total. The van der Waals surface area contributed by atoms with E-state index in [9.17, 15) is 4.79 Å². The van der Waals surface area contributed by atoms with Crippen LogP contribution in [0.2, 0.25) is 0 Å². The van der Waals surface area contributed by atoms with Gasteiger partial charge < -0.3 is 15.0 Å². The number of nitrogens with zero attached hydrogens (tertiary/aromatic N) is 2. The molecule has 0 spiro atoms. The molecule has 5 heteroatoms. The number of methoxy groups -OCH3 is 1. The topological polar surface area (TPSA) is 53.9 Å². The third-order valence-electron chi connectivity index (χ3n) is 3.43. The first kappa shape index (κ1) is 18.0. The van der Waals surface area contributed by atoms with E-state index in [4.69, 9.17) is 0 Å². The number of benzene rings is 1. The Morgan fingerprint density at radius 3 is 2.55 bits per heavy atom. The molecule has 22 heavy (non-hydrogen) atoms. The van der Waals surface area contributed by atoms with E-state index in [1.165, 1.54) is 18.2 Å². The van der Waals surface area contributed by atoms with E-state index in [1.807, 2.05) is 7.05 Å². The van der Waals surface area contributed by atoms with Gasteiger partial charge in [0.25, 0.3) is 0 Å². The number of rotatable bonds is 7. The zero-order valence-corrected chi connectivity index (χ0v) is 14.1. The predicted molar refractivity (Wildman–Crippen MR) is 89.9 cm³/mol. The molecular formula is C17H27N3O2. The van der Waals surface area contributed by atoms with E-state index in [2.05, 4.69) is 51.1 Å². The van der Waals surface area contributed by atoms with Gasteiger partial charge in [-0.25, -0.2) is 0 Å². The zero-order valence-electron chi connectivity index (χ0n) is 14.1. The number of unbranched alkanes of at least 4 members (excludes halogenated alkanes) is 1. The van der Waals surface area contributed by atoms with Gasteiger partial charge in [-0.3, -0.25) is 9.79 Å². The van der Waals surface area contributed by atoms with Gasteiger partial charge in [0.1, 0.15) is 0 Å². The largest absolute Gasteiger partial charge is 0.469 e. The first-order valence-electron chi connectivity index (χ1n) is 7.61. The Balaban J connectivity index is 2.34. The lowest BCUT2D eigenvalue weighted by molar-refractivity contribution is -0.140. The van der Waals surface area contributed by atoms with Crippen molar-refractivity contribution in [1.82, 2.24) is 10.2 Å². The predicted octanol–water partition coefficient (Wildman–Crippen LogP) is 2.35. The van der Waals surface area contributed by atoms with Gasteiger partial charge >= 0.3 is 5.97 Å². The van der Waals surface area contributed by atoms with Crippen LogP contribution in [0.5, 0.6) is 0 Å². The van der Waals surface area contributed by atoms with Crippen molar-refractivity contribution in [3.05, 3.63) is 35.4 Å². The highest BCUT2D eigenvalue weighted by atomic mass is 16.5. The maximum atomic E-state index is 11.0. The number of esters is 1. The lowest BCUT2D eigenvalue weighted by Crippen LogP contribution is -2.38. The summed E-state index contributed by atoms with van der Waals surface area (Å²) < 4.78 is 4.62. The number of ether oxygens (including phenoxy) is 1. The molecule has 0 saturated carbocycles. The van der Waals surface area contributed by atoms with Crippen molar-refractivity contribution in [1.29, 1.82) is 0 Å². The molecule has 1 rings (SSSR count). The Labute approximate surface area is 133 Å². The maximum Gasteiger partial charge on any atom is 0.305 e. The molecule has 0 heterocycles. The first-order chi connectivity index (χ1) is 10.6. The Morgan fingerprint density at radius 2 is 1.95 bits per heavy atom. The van der Waals surface area contributed by atoms with Crippen molar-refractivity contribution in [2.24, 2.45) is 4.99 Å². The van der Waals surface area contributed by atoms with Crippen molar-refractivity contribution in [2.75, 3.05) is 27.7 Å². The van der Waals surface area contributed by atoms with Gasteiger partial charge in [0, 0.05) is 33.6 Å². The summed E-state index contributed by atoms with van der Waals surface area (Å²) in [6.45, 7) is 3.69. The lowest BCUT2D eigenvalue weighted by atomic mass is 10.1. The average Bonchev–Trinajstić information content (AvgIpc) is 2.52. The van der Waals surface area contributed by atoms with E-state index in [1.54, 1.807) is 7.05 Å². The normalized spacial score (nSPS) is 11.2. The fraction of sp³-hybridized carbons (Fsp3) is 0.529. The second kappa shape index (κ2) is 9.82. The van der Waals surface area contributed by atoms with Crippen molar-refractivity contribution >= 4 is 11.9 Å². The highest BCUT2D eigenvalue weighted by molar-refractivity contribution is 5.79. The van der Waals surface area contributed by atoms with E-state index in [-0.39, 0.29) is 5.97 Å². The van der Waals surface area contributed by atoms with Crippen LogP contribution in [0.15, 0.2) is 29.3 Å². The number of nitrogens with one attached hydrogen (secondary N) is 1. The summed E-state index contributed by atoms with van der Waals surface area (Å²) in [5, 5.41) is 3.32. The summed E-state index contributed by atoms with van der Waals surface area (Å²) >= 11 is 0. The minimum absolute atomic E-state index is 0.152. The summed E-state index contributed by atoms with van der Waals surface area (Å²) in [5.41, 5.74) is 2.52. The van der Waals surface area contributed by atoms with Gasteiger partial charge in [-0.15, -0.1) is 0 Å². The minimum atomic E-state index is -0.152.